The van der Waals surface area contributed by atoms with Crippen LogP contribution in [0, 0.1) is 5.92 Å². The summed E-state index contributed by atoms with van der Waals surface area (Å²) in [6.45, 7) is 7.10. The lowest BCUT2D eigenvalue weighted by molar-refractivity contribution is 0.301. The van der Waals surface area contributed by atoms with Crippen LogP contribution >= 0.6 is 11.6 Å². The molecule has 0 spiro atoms. The Bertz CT molecular complexity index is 1150. The second-order valence-corrected chi connectivity index (χ2v) is 8.55. The molecule has 0 aliphatic rings. The van der Waals surface area contributed by atoms with Gasteiger partial charge in [0.05, 0.1) is 17.1 Å². The van der Waals surface area contributed by atoms with Gasteiger partial charge in [0.25, 0.3) is 0 Å². The van der Waals surface area contributed by atoms with E-state index in [0.29, 0.717) is 17.7 Å². The molecule has 1 unspecified atom stereocenters. The van der Waals surface area contributed by atoms with Crippen LogP contribution in [-0.2, 0) is 12.0 Å². The van der Waals surface area contributed by atoms with Crippen LogP contribution in [-0.4, -0.2) is 20.2 Å². The van der Waals surface area contributed by atoms with Crippen LogP contribution in [0.25, 0.3) is 11.3 Å². The fourth-order valence-electron chi connectivity index (χ4n) is 3.64. The van der Waals surface area contributed by atoms with Gasteiger partial charge in [-0.05, 0) is 66.9 Å². The number of aromatic nitrogens is 4. The van der Waals surface area contributed by atoms with Crippen LogP contribution in [0.5, 0.6) is 5.75 Å². The largest absolute Gasteiger partial charge is 0.487 e. The zero-order valence-corrected chi connectivity index (χ0v) is 19.1. The zero-order valence-electron chi connectivity index (χ0n) is 18.4. The Morgan fingerprint density at radius 2 is 1.72 bits per heavy atom. The Hall–Kier alpha value is -3.31. The first-order valence-electron chi connectivity index (χ1n) is 10.6. The summed E-state index contributed by atoms with van der Waals surface area (Å²) in [6, 6.07) is 21.7. The molecule has 0 radical (unpaired) electrons. The number of rotatable bonds is 7. The fourth-order valence-corrected chi connectivity index (χ4v) is 3.74. The average Bonchev–Trinajstić information content (AvgIpc) is 2.84. The predicted molar refractivity (Wildman–Crippen MR) is 127 cm³/mol. The van der Waals surface area contributed by atoms with Gasteiger partial charge in [0.1, 0.15) is 12.4 Å². The minimum atomic E-state index is -0.260. The van der Waals surface area contributed by atoms with E-state index in [1.54, 1.807) is 12.3 Å². The van der Waals surface area contributed by atoms with E-state index >= 15 is 0 Å². The van der Waals surface area contributed by atoms with E-state index in [2.05, 4.69) is 54.2 Å². The molecule has 3 heterocycles. The molecule has 0 saturated heterocycles. The summed E-state index contributed by atoms with van der Waals surface area (Å²) in [5.41, 5.74) is 4.48. The molecule has 0 aliphatic carbocycles. The minimum absolute atomic E-state index is 0.260. The van der Waals surface area contributed by atoms with Crippen LogP contribution in [0.2, 0.25) is 5.15 Å². The molecule has 3 aromatic heterocycles. The lowest BCUT2D eigenvalue weighted by Crippen LogP contribution is -2.31. The first-order valence-corrected chi connectivity index (χ1v) is 10.9. The van der Waals surface area contributed by atoms with Crippen molar-refractivity contribution in [3.63, 3.8) is 0 Å². The Balaban J connectivity index is 1.55. The predicted octanol–water partition coefficient (Wildman–Crippen LogP) is 6.13. The molecule has 32 heavy (non-hydrogen) atoms. The number of hydrogen-bond acceptors (Lipinski definition) is 5. The smallest absolute Gasteiger partial charge is 0.151 e. The number of halogens is 1. The third kappa shape index (κ3) is 4.63. The van der Waals surface area contributed by atoms with Gasteiger partial charge in [-0.2, -0.15) is 0 Å². The molecule has 4 rings (SSSR count). The third-order valence-electron chi connectivity index (χ3n) is 5.94. The van der Waals surface area contributed by atoms with Crippen molar-refractivity contribution in [2.24, 2.45) is 5.92 Å². The van der Waals surface area contributed by atoms with Crippen molar-refractivity contribution >= 4 is 11.6 Å². The fraction of sp³-hybridized carbons (Fsp3) is 0.231. The zero-order chi connectivity index (χ0) is 22.6. The second kappa shape index (κ2) is 9.45. The summed E-state index contributed by atoms with van der Waals surface area (Å²) in [4.78, 5) is 9.10. The Morgan fingerprint density at radius 1 is 0.906 bits per heavy atom. The maximum Gasteiger partial charge on any atom is 0.151 e. The Morgan fingerprint density at radius 3 is 2.31 bits per heavy atom. The van der Waals surface area contributed by atoms with Crippen molar-refractivity contribution in [2.75, 3.05) is 0 Å². The second-order valence-electron chi connectivity index (χ2n) is 8.16. The minimum Gasteiger partial charge on any atom is -0.487 e. The maximum absolute atomic E-state index is 5.90. The van der Waals surface area contributed by atoms with E-state index in [4.69, 9.17) is 21.3 Å². The summed E-state index contributed by atoms with van der Waals surface area (Å²) < 4.78 is 5.90. The molecule has 0 N–H and O–H groups in total. The van der Waals surface area contributed by atoms with Crippen LogP contribution in [0.4, 0.5) is 0 Å². The van der Waals surface area contributed by atoms with Gasteiger partial charge in [0.15, 0.2) is 5.15 Å². The molecule has 162 valence electrons. The third-order valence-corrected chi connectivity index (χ3v) is 6.15. The summed E-state index contributed by atoms with van der Waals surface area (Å²) in [7, 11) is 0. The number of ether oxygens (including phenoxy) is 1. The molecule has 1 atom stereocenters. The SMILES string of the molecule is CC(C)C(C)(c1ccc(OCc2ccccn2)cc1)c1ccc(-c2ccc(Cl)nn2)cn1. The molecule has 0 saturated carbocycles. The molecule has 4 aromatic rings. The highest BCUT2D eigenvalue weighted by Crippen LogP contribution is 2.39. The van der Waals surface area contributed by atoms with E-state index in [1.807, 2.05) is 48.7 Å². The van der Waals surface area contributed by atoms with Crippen molar-refractivity contribution in [3.05, 3.63) is 101 Å². The van der Waals surface area contributed by atoms with Gasteiger partial charge in [-0.3, -0.25) is 9.97 Å². The Kier molecular flexibility index (Phi) is 6.47. The van der Waals surface area contributed by atoms with Gasteiger partial charge < -0.3 is 4.74 Å². The van der Waals surface area contributed by atoms with Gasteiger partial charge in [-0.15, -0.1) is 10.2 Å². The van der Waals surface area contributed by atoms with E-state index in [9.17, 15) is 0 Å². The number of nitrogens with zero attached hydrogens (tertiary/aromatic N) is 4. The number of benzene rings is 1. The number of pyridine rings is 2. The van der Waals surface area contributed by atoms with Gasteiger partial charge in [0, 0.05) is 23.4 Å². The van der Waals surface area contributed by atoms with Crippen molar-refractivity contribution in [1.29, 1.82) is 0 Å². The monoisotopic (exact) mass is 444 g/mol. The highest BCUT2D eigenvalue weighted by Gasteiger charge is 2.34. The quantitative estimate of drug-likeness (QED) is 0.343. The lowest BCUT2D eigenvalue weighted by Gasteiger charge is -2.34. The summed E-state index contributed by atoms with van der Waals surface area (Å²) in [5, 5.41) is 8.43. The van der Waals surface area contributed by atoms with Crippen LogP contribution in [0.3, 0.4) is 0 Å². The molecule has 1 aromatic carbocycles. The molecule has 5 nitrogen and oxygen atoms in total. The van der Waals surface area contributed by atoms with Gasteiger partial charge >= 0.3 is 0 Å². The highest BCUT2D eigenvalue weighted by molar-refractivity contribution is 6.29. The molecular formula is C26H25ClN4O. The van der Waals surface area contributed by atoms with E-state index < -0.39 is 0 Å². The summed E-state index contributed by atoms with van der Waals surface area (Å²) in [6.07, 6.45) is 3.62. The van der Waals surface area contributed by atoms with Crippen molar-refractivity contribution in [3.8, 4) is 17.0 Å². The van der Waals surface area contributed by atoms with Crippen LogP contribution in [0.1, 0.15) is 37.7 Å². The van der Waals surface area contributed by atoms with E-state index in [0.717, 1.165) is 28.4 Å². The number of hydrogen-bond donors (Lipinski definition) is 0. The highest BCUT2D eigenvalue weighted by atomic mass is 35.5. The maximum atomic E-state index is 5.90. The standard InChI is InChI=1S/C26H25ClN4O/c1-18(2)26(3,24-13-7-19(16-29-24)23-12-14-25(27)31-30-23)20-8-10-22(11-9-20)32-17-21-6-4-5-15-28-21/h4-16,18H,17H2,1-3H3. The molecule has 6 heteroatoms. The average molecular weight is 445 g/mol. The first-order chi connectivity index (χ1) is 15.5. The normalized spacial score (nSPS) is 13.0. The van der Waals surface area contributed by atoms with Gasteiger partial charge in [-0.25, -0.2) is 0 Å². The van der Waals surface area contributed by atoms with Gasteiger partial charge in [0.2, 0.25) is 0 Å². The lowest BCUT2D eigenvalue weighted by atomic mass is 9.70. The van der Waals surface area contributed by atoms with Gasteiger partial charge in [-0.1, -0.05) is 43.6 Å². The van der Waals surface area contributed by atoms with Crippen molar-refractivity contribution in [1.82, 2.24) is 20.2 Å². The van der Waals surface area contributed by atoms with E-state index in [1.165, 1.54) is 5.56 Å². The van der Waals surface area contributed by atoms with E-state index in [-0.39, 0.29) is 5.41 Å². The molecule has 0 amide bonds. The summed E-state index contributed by atoms with van der Waals surface area (Å²) in [5.74, 6) is 1.14. The summed E-state index contributed by atoms with van der Waals surface area (Å²) >= 11 is 5.85. The van der Waals surface area contributed by atoms with Crippen LogP contribution < -0.4 is 4.74 Å². The van der Waals surface area contributed by atoms with Crippen molar-refractivity contribution in [2.45, 2.75) is 32.8 Å². The molecular weight excluding hydrogens is 420 g/mol. The molecule has 0 aliphatic heterocycles. The van der Waals surface area contributed by atoms with Crippen LogP contribution in [0.15, 0.2) is 79.1 Å². The Labute approximate surface area is 193 Å². The van der Waals surface area contributed by atoms with Crippen molar-refractivity contribution < 1.29 is 4.74 Å². The molecule has 0 bridgehead atoms. The first kappa shape index (κ1) is 21.9. The molecule has 0 fully saturated rings. The topological polar surface area (TPSA) is 60.8 Å².